The van der Waals surface area contributed by atoms with Crippen molar-refractivity contribution in [2.24, 2.45) is 12.8 Å². The third-order valence-corrected chi connectivity index (χ3v) is 2.81. The predicted octanol–water partition coefficient (Wildman–Crippen LogP) is 1.35. The molecule has 1 aromatic carbocycles. The zero-order valence-electron chi connectivity index (χ0n) is 9.14. The minimum atomic E-state index is -0.479. The van der Waals surface area contributed by atoms with Crippen molar-refractivity contribution in [2.75, 3.05) is 0 Å². The molecule has 0 bridgehead atoms. The van der Waals surface area contributed by atoms with Gasteiger partial charge in [0.25, 0.3) is 0 Å². The fourth-order valence-electron chi connectivity index (χ4n) is 1.51. The Balaban J connectivity index is 2.17. The van der Waals surface area contributed by atoms with Crippen molar-refractivity contribution in [1.29, 1.82) is 0 Å². The lowest BCUT2D eigenvalue weighted by atomic mass is 10.0. The van der Waals surface area contributed by atoms with Crippen LogP contribution in [0.25, 0.3) is 0 Å². The van der Waals surface area contributed by atoms with Gasteiger partial charge >= 0.3 is 0 Å². The van der Waals surface area contributed by atoms with Gasteiger partial charge in [-0.05, 0) is 17.3 Å². The number of nitrogens with zero attached hydrogens (tertiary/aromatic N) is 4. The molecule has 7 heteroatoms. The summed E-state index contributed by atoms with van der Waals surface area (Å²) < 4.78 is 14.3. The summed E-state index contributed by atoms with van der Waals surface area (Å²) in [6.07, 6.45) is 0.354. The van der Waals surface area contributed by atoms with E-state index in [0.717, 1.165) is 0 Å². The Kier molecular flexibility index (Phi) is 3.49. The first-order valence-electron chi connectivity index (χ1n) is 4.99. The van der Waals surface area contributed by atoms with E-state index < -0.39 is 6.04 Å². The maximum absolute atomic E-state index is 13.6. The second-order valence-corrected chi connectivity index (χ2v) is 4.59. The molecule has 0 spiro atoms. The van der Waals surface area contributed by atoms with Crippen molar-refractivity contribution < 1.29 is 4.39 Å². The van der Waals surface area contributed by atoms with Crippen molar-refractivity contribution in [3.05, 3.63) is 39.9 Å². The van der Waals surface area contributed by atoms with E-state index in [1.165, 1.54) is 10.9 Å². The highest BCUT2D eigenvalue weighted by Crippen LogP contribution is 2.21. The van der Waals surface area contributed by atoms with E-state index in [2.05, 4.69) is 31.3 Å². The van der Waals surface area contributed by atoms with Crippen LogP contribution in [-0.4, -0.2) is 20.2 Å². The molecule has 2 N–H and O–H groups in total. The summed E-state index contributed by atoms with van der Waals surface area (Å²) in [5.74, 6) is 0.165. The van der Waals surface area contributed by atoms with Crippen LogP contribution in [0.15, 0.2) is 22.7 Å². The first-order chi connectivity index (χ1) is 8.06. The molecule has 2 rings (SSSR count). The van der Waals surface area contributed by atoms with Crippen LogP contribution in [0.4, 0.5) is 4.39 Å². The quantitative estimate of drug-likeness (QED) is 0.929. The molecule has 2 aromatic rings. The van der Waals surface area contributed by atoms with Crippen LogP contribution in [0.5, 0.6) is 0 Å². The van der Waals surface area contributed by atoms with Crippen molar-refractivity contribution >= 4 is 15.9 Å². The van der Waals surface area contributed by atoms with E-state index in [4.69, 9.17) is 5.73 Å². The van der Waals surface area contributed by atoms with Crippen LogP contribution < -0.4 is 5.73 Å². The lowest BCUT2D eigenvalue weighted by Crippen LogP contribution is -2.16. The number of halogens is 2. The molecule has 1 atom stereocenters. The summed E-state index contributed by atoms with van der Waals surface area (Å²) in [4.78, 5) is 1.35. The van der Waals surface area contributed by atoms with Gasteiger partial charge in [-0.1, -0.05) is 22.0 Å². The molecule has 0 radical (unpaired) electrons. The first kappa shape index (κ1) is 12.1. The van der Waals surface area contributed by atoms with Gasteiger partial charge < -0.3 is 5.73 Å². The number of benzene rings is 1. The number of nitrogens with two attached hydrogens (primary N) is 1. The van der Waals surface area contributed by atoms with Crippen LogP contribution in [0.3, 0.4) is 0 Å². The minimum absolute atomic E-state index is 0.337. The third-order valence-electron chi connectivity index (χ3n) is 2.31. The van der Waals surface area contributed by atoms with Gasteiger partial charge in [0.05, 0.1) is 7.05 Å². The fourth-order valence-corrected chi connectivity index (χ4v) is 1.85. The van der Waals surface area contributed by atoms with Gasteiger partial charge in [-0.25, -0.2) is 4.39 Å². The molecule has 17 heavy (non-hydrogen) atoms. The number of hydrogen-bond acceptors (Lipinski definition) is 4. The predicted molar refractivity (Wildman–Crippen MR) is 63.5 cm³/mol. The average molecular weight is 300 g/mol. The SMILES string of the molecule is Cn1nnc(CC(N)c2ccc(Br)cc2F)n1. The second kappa shape index (κ2) is 4.89. The number of aromatic nitrogens is 4. The number of tetrazole rings is 1. The van der Waals surface area contributed by atoms with Gasteiger partial charge in [0, 0.05) is 22.5 Å². The Bertz CT molecular complexity index is 527. The van der Waals surface area contributed by atoms with Gasteiger partial charge in [-0.3, -0.25) is 0 Å². The second-order valence-electron chi connectivity index (χ2n) is 3.67. The van der Waals surface area contributed by atoms with Crippen LogP contribution in [0.2, 0.25) is 0 Å². The van der Waals surface area contributed by atoms with Gasteiger partial charge in [0.1, 0.15) is 5.82 Å². The fraction of sp³-hybridized carbons (Fsp3) is 0.300. The van der Waals surface area contributed by atoms with E-state index in [-0.39, 0.29) is 5.82 Å². The Morgan fingerprint density at radius 2 is 2.29 bits per heavy atom. The van der Waals surface area contributed by atoms with E-state index in [1.54, 1.807) is 19.2 Å². The molecule has 0 saturated heterocycles. The zero-order chi connectivity index (χ0) is 12.4. The Morgan fingerprint density at radius 1 is 1.53 bits per heavy atom. The molecule has 5 nitrogen and oxygen atoms in total. The first-order valence-corrected chi connectivity index (χ1v) is 5.79. The highest BCUT2D eigenvalue weighted by Gasteiger charge is 2.14. The Morgan fingerprint density at radius 3 is 2.88 bits per heavy atom. The standard InChI is InChI=1S/C10H11BrFN5/c1-17-15-10(14-16-17)5-9(13)7-3-2-6(11)4-8(7)12/h2-4,9H,5,13H2,1H3. The smallest absolute Gasteiger partial charge is 0.176 e. The maximum atomic E-state index is 13.6. The minimum Gasteiger partial charge on any atom is -0.323 e. The van der Waals surface area contributed by atoms with Crippen molar-refractivity contribution in [2.45, 2.75) is 12.5 Å². The van der Waals surface area contributed by atoms with Gasteiger partial charge in [0.2, 0.25) is 0 Å². The average Bonchev–Trinajstić information content (AvgIpc) is 2.63. The lowest BCUT2D eigenvalue weighted by Gasteiger charge is -2.10. The van der Waals surface area contributed by atoms with Crippen LogP contribution in [0, 0.1) is 5.82 Å². The van der Waals surface area contributed by atoms with Crippen LogP contribution in [0.1, 0.15) is 17.4 Å². The highest BCUT2D eigenvalue weighted by molar-refractivity contribution is 9.10. The van der Waals surface area contributed by atoms with E-state index in [1.807, 2.05) is 0 Å². The van der Waals surface area contributed by atoms with E-state index >= 15 is 0 Å². The Labute approximate surface area is 106 Å². The summed E-state index contributed by atoms with van der Waals surface area (Å²) >= 11 is 3.20. The highest BCUT2D eigenvalue weighted by atomic mass is 79.9. The summed E-state index contributed by atoms with van der Waals surface area (Å²) in [5.41, 5.74) is 6.36. The number of rotatable bonds is 3. The topological polar surface area (TPSA) is 69.6 Å². The summed E-state index contributed by atoms with van der Waals surface area (Å²) in [6.45, 7) is 0. The van der Waals surface area contributed by atoms with Crippen molar-refractivity contribution in [1.82, 2.24) is 20.2 Å². The summed E-state index contributed by atoms with van der Waals surface area (Å²) in [7, 11) is 1.67. The van der Waals surface area contributed by atoms with Crippen molar-refractivity contribution in [3.63, 3.8) is 0 Å². The molecule has 0 saturated carbocycles. The molecule has 0 fully saturated rings. The van der Waals surface area contributed by atoms with Crippen molar-refractivity contribution in [3.8, 4) is 0 Å². The summed E-state index contributed by atoms with van der Waals surface area (Å²) in [6, 6.07) is 4.31. The number of aryl methyl sites for hydroxylation is 1. The molecule has 1 unspecified atom stereocenters. The molecular formula is C10H11BrFN5. The summed E-state index contributed by atoms with van der Waals surface area (Å²) in [5, 5.41) is 11.5. The van der Waals surface area contributed by atoms with Crippen LogP contribution >= 0.6 is 15.9 Å². The van der Waals surface area contributed by atoms with E-state index in [9.17, 15) is 4.39 Å². The molecule has 1 aromatic heterocycles. The van der Waals surface area contributed by atoms with Gasteiger partial charge in [-0.15, -0.1) is 10.2 Å². The van der Waals surface area contributed by atoms with E-state index in [0.29, 0.717) is 22.3 Å². The molecule has 0 aliphatic carbocycles. The van der Waals surface area contributed by atoms with Crippen LogP contribution in [-0.2, 0) is 13.5 Å². The normalized spacial score (nSPS) is 12.7. The number of hydrogen-bond donors (Lipinski definition) is 1. The zero-order valence-corrected chi connectivity index (χ0v) is 10.7. The molecule has 1 heterocycles. The molecule has 0 aliphatic heterocycles. The largest absolute Gasteiger partial charge is 0.323 e. The lowest BCUT2D eigenvalue weighted by molar-refractivity contribution is 0.572. The van der Waals surface area contributed by atoms with Gasteiger partial charge in [0.15, 0.2) is 5.82 Å². The molecule has 0 amide bonds. The third kappa shape index (κ3) is 2.86. The molecule has 90 valence electrons. The maximum Gasteiger partial charge on any atom is 0.176 e. The monoisotopic (exact) mass is 299 g/mol. The molecule has 0 aliphatic rings. The Hall–Kier alpha value is -1.34. The molecular weight excluding hydrogens is 289 g/mol. The van der Waals surface area contributed by atoms with Gasteiger partial charge in [-0.2, -0.15) is 4.80 Å².